The number of hydrazone groups is 1. The Morgan fingerprint density at radius 3 is 2.14 bits per heavy atom. The molecule has 1 N–H and O–H groups in total. The molecule has 22 heavy (non-hydrogen) atoms. The molecule has 1 heterocycles. The van der Waals surface area contributed by atoms with Gasteiger partial charge in [0.25, 0.3) is 11.9 Å². The van der Waals surface area contributed by atoms with Crippen LogP contribution in [0.2, 0.25) is 5.02 Å². The largest absolute Gasteiger partial charge is 0.272 e. The third-order valence-corrected chi connectivity index (χ3v) is 3.06. The molecule has 0 aliphatic heterocycles. The van der Waals surface area contributed by atoms with Crippen molar-refractivity contribution >= 4 is 23.0 Å². The number of hydrogen-bond donors (Lipinski definition) is 1. The van der Waals surface area contributed by atoms with Gasteiger partial charge in [-0.1, -0.05) is 30.7 Å². The monoisotopic (exact) mass is 331 g/mol. The number of pyridine rings is 1. The standard InChI is InChI=1S/C14H10ClF4N3/c1-2-9(7-3-5-8(15)6-4-7)21-22-12-10(16)13(18)20-14(19)11(12)17/h3-6H,2H2,1H3,(H,20,22)/b21-9+. The summed E-state index contributed by atoms with van der Waals surface area (Å²) in [5, 5.41) is 4.31. The van der Waals surface area contributed by atoms with Crippen molar-refractivity contribution in [1.29, 1.82) is 0 Å². The van der Waals surface area contributed by atoms with Crippen LogP contribution in [-0.2, 0) is 0 Å². The van der Waals surface area contributed by atoms with Gasteiger partial charge in [0.05, 0.1) is 5.71 Å². The van der Waals surface area contributed by atoms with Gasteiger partial charge in [-0.05, 0) is 24.1 Å². The van der Waals surface area contributed by atoms with Crippen molar-refractivity contribution in [3.05, 3.63) is 58.4 Å². The SMILES string of the molecule is CC/C(=N\Nc1c(F)c(F)nc(F)c1F)c1ccc(Cl)cc1. The maximum atomic E-state index is 13.5. The van der Waals surface area contributed by atoms with E-state index in [1.54, 1.807) is 31.2 Å². The lowest BCUT2D eigenvalue weighted by atomic mass is 10.1. The van der Waals surface area contributed by atoms with Crippen molar-refractivity contribution in [3.63, 3.8) is 0 Å². The molecule has 0 radical (unpaired) electrons. The molecule has 0 amide bonds. The summed E-state index contributed by atoms with van der Waals surface area (Å²) in [6.45, 7) is 1.76. The molecule has 2 rings (SSSR count). The Balaban J connectivity index is 2.36. The zero-order valence-corrected chi connectivity index (χ0v) is 12.1. The highest BCUT2D eigenvalue weighted by Crippen LogP contribution is 2.22. The molecule has 1 aromatic carbocycles. The van der Waals surface area contributed by atoms with Crippen molar-refractivity contribution in [2.24, 2.45) is 5.10 Å². The fraction of sp³-hybridized carbons (Fsp3) is 0.143. The molecule has 1 aromatic heterocycles. The highest BCUT2D eigenvalue weighted by molar-refractivity contribution is 6.30. The van der Waals surface area contributed by atoms with Crippen LogP contribution in [-0.4, -0.2) is 10.7 Å². The van der Waals surface area contributed by atoms with Gasteiger partial charge in [-0.3, -0.25) is 5.43 Å². The van der Waals surface area contributed by atoms with Crippen molar-refractivity contribution in [1.82, 2.24) is 4.98 Å². The van der Waals surface area contributed by atoms with Crippen LogP contribution in [0.15, 0.2) is 29.4 Å². The zero-order chi connectivity index (χ0) is 16.3. The van der Waals surface area contributed by atoms with E-state index < -0.39 is 29.2 Å². The molecule has 0 aliphatic carbocycles. The second-order valence-corrected chi connectivity index (χ2v) is 4.66. The quantitative estimate of drug-likeness (QED) is 0.387. The van der Waals surface area contributed by atoms with Gasteiger partial charge < -0.3 is 0 Å². The van der Waals surface area contributed by atoms with Gasteiger partial charge in [0.15, 0.2) is 0 Å². The van der Waals surface area contributed by atoms with Crippen LogP contribution < -0.4 is 5.43 Å². The number of hydrogen-bond acceptors (Lipinski definition) is 3. The van der Waals surface area contributed by atoms with E-state index in [1.165, 1.54) is 0 Å². The minimum absolute atomic E-state index is 0.411. The maximum Gasteiger partial charge on any atom is 0.254 e. The fourth-order valence-electron chi connectivity index (χ4n) is 1.70. The van der Waals surface area contributed by atoms with Crippen LogP contribution in [0.4, 0.5) is 23.2 Å². The van der Waals surface area contributed by atoms with E-state index in [9.17, 15) is 17.6 Å². The molecule has 0 saturated heterocycles. The predicted molar refractivity (Wildman–Crippen MR) is 76.0 cm³/mol. The summed E-state index contributed by atoms with van der Waals surface area (Å²) in [5.74, 6) is -6.79. The smallest absolute Gasteiger partial charge is 0.254 e. The highest BCUT2D eigenvalue weighted by Gasteiger charge is 2.20. The Kier molecular flexibility index (Phi) is 4.97. The molecule has 0 fully saturated rings. The molecule has 0 spiro atoms. The van der Waals surface area contributed by atoms with Crippen molar-refractivity contribution in [2.75, 3.05) is 5.43 Å². The van der Waals surface area contributed by atoms with Crippen LogP contribution in [0.5, 0.6) is 0 Å². The van der Waals surface area contributed by atoms with Crippen molar-refractivity contribution in [2.45, 2.75) is 13.3 Å². The lowest BCUT2D eigenvalue weighted by molar-refractivity contribution is 0.411. The lowest BCUT2D eigenvalue weighted by Crippen LogP contribution is -2.08. The van der Waals surface area contributed by atoms with Crippen LogP contribution in [0.25, 0.3) is 0 Å². The first-order chi connectivity index (χ1) is 10.4. The molecular formula is C14H10ClF4N3. The summed E-state index contributed by atoms with van der Waals surface area (Å²) in [7, 11) is 0. The third-order valence-electron chi connectivity index (χ3n) is 2.81. The number of benzene rings is 1. The van der Waals surface area contributed by atoms with Gasteiger partial charge in [-0.25, -0.2) is 0 Å². The first-order valence-electron chi connectivity index (χ1n) is 6.22. The van der Waals surface area contributed by atoms with Gasteiger partial charge in [0.2, 0.25) is 11.6 Å². The van der Waals surface area contributed by atoms with Gasteiger partial charge in [-0.2, -0.15) is 27.6 Å². The molecule has 8 heteroatoms. The summed E-state index contributed by atoms with van der Waals surface area (Å²) in [4.78, 5) is 2.46. The van der Waals surface area contributed by atoms with E-state index >= 15 is 0 Å². The number of anilines is 1. The van der Waals surface area contributed by atoms with E-state index in [1.807, 2.05) is 5.43 Å². The number of halogens is 5. The molecule has 116 valence electrons. The van der Waals surface area contributed by atoms with Gasteiger partial charge in [-0.15, -0.1) is 0 Å². The number of aromatic nitrogens is 1. The topological polar surface area (TPSA) is 37.3 Å². The first kappa shape index (κ1) is 16.2. The minimum atomic E-state index is -1.75. The van der Waals surface area contributed by atoms with E-state index in [0.29, 0.717) is 22.7 Å². The zero-order valence-electron chi connectivity index (χ0n) is 11.3. The highest BCUT2D eigenvalue weighted by atomic mass is 35.5. The van der Waals surface area contributed by atoms with E-state index in [4.69, 9.17) is 11.6 Å². The van der Waals surface area contributed by atoms with E-state index in [0.717, 1.165) is 0 Å². The lowest BCUT2D eigenvalue weighted by Gasteiger charge is -2.08. The summed E-state index contributed by atoms with van der Waals surface area (Å²) < 4.78 is 52.9. The second-order valence-electron chi connectivity index (χ2n) is 4.23. The Hall–Kier alpha value is -2.15. The predicted octanol–water partition coefficient (Wildman–Crippen LogP) is 4.52. The summed E-state index contributed by atoms with van der Waals surface area (Å²) in [6.07, 6.45) is 0.411. The Morgan fingerprint density at radius 2 is 1.64 bits per heavy atom. The Morgan fingerprint density at radius 1 is 1.09 bits per heavy atom. The van der Waals surface area contributed by atoms with Crippen LogP contribution in [0.1, 0.15) is 18.9 Å². The molecule has 0 atom stereocenters. The second kappa shape index (κ2) is 6.74. The van der Waals surface area contributed by atoms with E-state index in [2.05, 4.69) is 10.1 Å². The average Bonchev–Trinajstić information content (AvgIpc) is 2.50. The van der Waals surface area contributed by atoms with Crippen molar-refractivity contribution in [3.8, 4) is 0 Å². The molecule has 0 unspecified atom stereocenters. The molecule has 0 bridgehead atoms. The third kappa shape index (κ3) is 3.36. The van der Waals surface area contributed by atoms with Gasteiger partial charge in [0.1, 0.15) is 5.69 Å². The molecular weight excluding hydrogens is 322 g/mol. The first-order valence-corrected chi connectivity index (χ1v) is 6.60. The number of rotatable bonds is 4. The van der Waals surface area contributed by atoms with Gasteiger partial charge in [0, 0.05) is 5.02 Å². The number of nitrogens with zero attached hydrogens (tertiary/aromatic N) is 2. The fourth-order valence-corrected chi connectivity index (χ4v) is 1.82. The van der Waals surface area contributed by atoms with Crippen LogP contribution in [0.3, 0.4) is 0 Å². The average molecular weight is 332 g/mol. The van der Waals surface area contributed by atoms with Crippen LogP contribution >= 0.6 is 11.6 Å². The molecule has 0 aliphatic rings. The Labute approximate surface area is 128 Å². The molecule has 3 nitrogen and oxygen atoms in total. The minimum Gasteiger partial charge on any atom is -0.272 e. The Bertz CT molecular complexity index is 691. The van der Waals surface area contributed by atoms with Gasteiger partial charge >= 0.3 is 0 Å². The van der Waals surface area contributed by atoms with Crippen molar-refractivity contribution < 1.29 is 17.6 Å². The summed E-state index contributed by atoms with van der Waals surface area (Å²) in [5.41, 5.74) is 2.05. The summed E-state index contributed by atoms with van der Waals surface area (Å²) in [6, 6.07) is 6.56. The normalized spacial score (nSPS) is 11.6. The summed E-state index contributed by atoms with van der Waals surface area (Å²) >= 11 is 5.76. The van der Waals surface area contributed by atoms with Crippen LogP contribution in [0, 0.1) is 23.5 Å². The maximum absolute atomic E-state index is 13.5. The number of nitrogens with one attached hydrogen (secondary N) is 1. The van der Waals surface area contributed by atoms with E-state index in [-0.39, 0.29) is 0 Å². The molecule has 0 saturated carbocycles. The molecule has 2 aromatic rings.